The molecule has 0 saturated heterocycles. The van der Waals surface area contributed by atoms with E-state index in [0.717, 1.165) is 42.4 Å². The fourth-order valence-corrected chi connectivity index (χ4v) is 9.00. The van der Waals surface area contributed by atoms with E-state index >= 15 is 0 Å². The summed E-state index contributed by atoms with van der Waals surface area (Å²) in [5, 5.41) is 10.2. The zero-order chi connectivity index (χ0) is 22.6. The molecule has 0 amide bonds. The fourth-order valence-electron chi connectivity index (χ4n) is 8.84. The largest absolute Gasteiger partial charge is 0.380 e. The zero-order valence-electron chi connectivity index (χ0n) is 20.6. The predicted octanol–water partition coefficient (Wildman–Crippen LogP) is 7.52. The molecule has 8 atom stereocenters. The highest BCUT2D eigenvalue weighted by Gasteiger charge is 2.60. The number of halogens is 1. The van der Waals surface area contributed by atoms with Crippen LogP contribution in [0.2, 0.25) is 0 Å². The number of aliphatic hydroxyl groups is 1. The highest BCUT2D eigenvalue weighted by atomic mass is 35.5. The number of carbonyl (C=O) groups excluding carboxylic acids is 1. The molecule has 4 aliphatic carbocycles. The van der Waals surface area contributed by atoms with E-state index in [9.17, 15) is 9.90 Å². The van der Waals surface area contributed by atoms with E-state index in [4.69, 9.17) is 11.6 Å². The van der Waals surface area contributed by atoms with Gasteiger partial charge in [0.05, 0.1) is 0 Å². The van der Waals surface area contributed by atoms with Crippen LogP contribution in [0.15, 0.2) is 11.6 Å². The van der Waals surface area contributed by atoms with Gasteiger partial charge in [-0.25, -0.2) is 0 Å². The third kappa shape index (κ3) is 3.96. The van der Waals surface area contributed by atoms with Crippen molar-refractivity contribution in [2.24, 2.45) is 46.3 Å². The molecular formula is C28H45ClO2. The van der Waals surface area contributed by atoms with Gasteiger partial charge in [0, 0.05) is 6.42 Å². The second kappa shape index (κ2) is 8.46. The second-order valence-electron chi connectivity index (χ2n) is 12.8. The first-order valence-corrected chi connectivity index (χ1v) is 13.5. The molecule has 0 bridgehead atoms. The Hall–Kier alpha value is -0.340. The van der Waals surface area contributed by atoms with Crippen LogP contribution >= 0.6 is 11.6 Å². The van der Waals surface area contributed by atoms with E-state index in [1.54, 1.807) is 0 Å². The van der Waals surface area contributed by atoms with Crippen molar-refractivity contribution >= 4 is 16.8 Å². The van der Waals surface area contributed by atoms with Gasteiger partial charge in [-0.2, -0.15) is 0 Å². The Morgan fingerprint density at radius 3 is 2.52 bits per heavy atom. The van der Waals surface area contributed by atoms with Gasteiger partial charge in [0.15, 0.2) is 0 Å². The summed E-state index contributed by atoms with van der Waals surface area (Å²) in [5.74, 6) is 4.87. The average molecular weight is 449 g/mol. The molecule has 0 spiro atoms. The lowest BCUT2D eigenvalue weighted by atomic mass is 9.46. The van der Waals surface area contributed by atoms with E-state index < -0.39 is 10.8 Å². The summed E-state index contributed by atoms with van der Waals surface area (Å²) < 4.78 is 0. The second-order valence-corrected chi connectivity index (χ2v) is 13.1. The summed E-state index contributed by atoms with van der Waals surface area (Å²) in [6.45, 7) is 12.3. The van der Waals surface area contributed by atoms with Crippen LogP contribution in [0.25, 0.3) is 0 Å². The van der Waals surface area contributed by atoms with Crippen LogP contribution in [0.5, 0.6) is 0 Å². The Balaban J connectivity index is 1.51. The van der Waals surface area contributed by atoms with Crippen molar-refractivity contribution in [1.82, 2.24) is 0 Å². The van der Waals surface area contributed by atoms with Gasteiger partial charge in [0.1, 0.15) is 5.60 Å². The van der Waals surface area contributed by atoms with Crippen LogP contribution in [-0.4, -0.2) is 16.0 Å². The molecule has 31 heavy (non-hydrogen) atoms. The minimum atomic E-state index is -1.34. The molecule has 0 aromatic rings. The monoisotopic (exact) mass is 448 g/mol. The predicted molar refractivity (Wildman–Crippen MR) is 129 cm³/mol. The Morgan fingerprint density at radius 1 is 1.10 bits per heavy atom. The summed E-state index contributed by atoms with van der Waals surface area (Å²) in [7, 11) is 0. The van der Waals surface area contributed by atoms with Crippen LogP contribution in [-0.2, 0) is 4.79 Å². The Morgan fingerprint density at radius 2 is 1.84 bits per heavy atom. The van der Waals surface area contributed by atoms with Crippen molar-refractivity contribution in [1.29, 1.82) is 0 Å². The first-order chi connectivity index (χ1) is 14.5. The quantitative estimate of drug-likeness (QED) is 0.336. The molecule has 0 radical (unpaired) electrons. The molecule has 4 rings (SSSR count). The lowest BCUT2D eigenvalue weighted by Crippen LogP contribution is -2.53. The third-order valence-electron chi connectivity index (χ3n) is 10.7. The van der Waals surface area contributed by atoms with Crippen LogP contribution in [0.3, 0.4) is 0 Å². The molecule has 3 saturated carbocycles. The van der Waals surface area contributed by atoms with E-state index in [1.807, 2.05) is 0 Å². The number of hydrogen-bond donors (Lipinski definition) is 1. The molecular weight excluding hydrogens is 404 g/mol. The Bertz CT molecular complexity index is 729. The lowest BCUT2D eigenvalue weighted by Gasteiger charge is -2.59. The summed E-state index contributed by atoms with van der Waals surface area (Å²) in [4.78, 5) is 11.9. The van der Waals surface area contributed by atoms with Crippen molar-refractivity contribution < 1.29 is 9.90 Å². The van der Waals surface area contributed by atoms with Crippen molar-refractivity contribution in [3.8, 4) is 0 Å². The average Bonchev–Trinajstić information content (AvgIpc) is 3.05. The molecule has 0 aromatic carbocycles. The minimum Gasteiger partial charge on any atom is -0.380 e. The minimum absolute atomic E-state index is 0.143. The van der Waals surface area contributed by atoms with Crippen molar-refractivity contribution in [3.05, 3.63) is 11.6 Å². The number of allylic oxidation sites excluding steroid dienone is 1. The van der Waals surface area contributed by atoms with Gasteiger partial charge in [-0.1, -0.05) is 65.5 Å². The van der Waals surface area contributed by atoms with Crippen LogP contribution in [0.4, 0.5) is 0 Å². The van der Waals surface area contributed by atoms with Crippen molar-refractivity contribution in [2.45, 2.75) is 111 Å². The van der Waals surface area contributed by atoms with E-state index in [2.05, 4.69) is 40.7 Å². The molecule has 0 heterocycles. The van der Waals surface area contributed by atoms with Gasteiger partial charge in [0.2, 0.25) is 0 Å². The van der Waals surface area contributed by atoms with Gasteiger partial charge in [-0.3, -0.25) is 4.79 Å². The van der Waals surface area contributed by atoms with Crippen LogP contribution in [0.1, 0.15) is 105 Å². The van der Waals surface area contributed by atoms with Gasteiger partial charge >= 0.3 is 0 Å². The van der Waals surface area contributed by atoms with E-state index in [0.29, 0.717) is 24.2 Å². The smallest absolute Gasteiger partial charge is 0.253 e. The molecule has 0 aromatic heterocycles. The Kier molecular flexibility index (Phi) is 6.50. The van der Waals surface area contributed by atoms with E-state index in [-0.39, 0.29) is 5.41 Å². The SMILES string of the molecule is CC(C)CCC[C@@H](C)[C@H]1CC[C@H]2[C@@H]3CC=C4CC(O)(C(=O)Cl)CC[C@]4(C)[C@H]3CC[C@]12C. The number of rotatable bonds is 6. The summed E-state index contributed by atoms with van der Waals surface area (Å²) >= 11 is 5.79. The summed E-state index contributed by atoms with van der Waals surface area (Å²) in [6, 6.07) is 0. The van der Waals surface area contributed by atoms with Gasteiger partial charge < -0.3 is 5.11 Å². The maximum absolute atomic E-state index is 11.9. The molecule has 2 nitrogen and oxygen atoms in total. The highest BCUT2D eigenvalue weighted by molar-refractivity contribution is 6.65. The number of hydrogen-bond acceptors (Lipinski definition) is 2. The number of fused-ring (bicyclic) bond motifs is 5. The lowest BCUT2D eigenvalue weighted by molar-refractivity contribution is -0.134. The fraction of sp³-hybridized carbons (Fsp3) is 0.893. The van der Waals surface area contributed by atoms with Gasteiger partial charge in [-0.05, 0) is 103 Å². The molecule has 1 N–H and O–H groups in total. The number of carbonyl (C=O) groups is 1. The van der Waals surface area contributed by atoms with E-state index in [1.165, 1.54) is 50.5 Å². The normalized spacial score (nSPS) is 45.5. The summed E-state index contributed by atoms with van der Waals surface area (Å²) in [5.41, 5.74) is 0.620. The zero-order valence-corrected chi connectivity index (χ0v) is 21.3. The maximum Gasteiger partial charge on any atom is 0.253 e. The van der Waals surface area contributed by atoms with Gasteiger partial charge in [0.25, 0.3) is 5.24 Å². The molecule has 176 valence electrons. The third-order valence-corrected chi connectivity index (χ3v) is 11.1. The van der Waals surface area contributed by atoms with Gasteiger partial charge in [-0.15, -0.1) is 0 Å². The molecule has 1 unspecified atom stereocenters. The molecule has 0 aliphatic heterocycles. The molecule has 3 heteroatoms. The summed E-state index contributed by atoms with van der Waals surface area (Å²) in [6.07, 6.45) is 15.1. The van der Waals surface area contributed by atoms with Crippen LogP contribution < -0.4 is 0 Å². The first kappa shape index (κ1) is 23.8. The van der Waals surface area contributed by atoms with Crippen molar-refractivity contribution in [2.75, 3.05) is 0 Å². The highest BCUT2D eigenvalue weighted by Crippen LogP contribution is 2.67. The maximum atomic E-state index is 11.9. The standard InChI is InChI=1S/C28H45ClO2/c1-18(2)7-6-8-19(3)22-11-12-23-21-10-9-20-17-28(31,25(29)30)16-15-26(20,4)24(21)13-14-27(22,23)5/h9,18-19,21-24,31H,6-8,10-17H2,1-5H3/t19-,21+,22-,23+,24+,26+,27-,28?/m1/s1. The van der Waals surface area contributed by atoms with Crippen LogP contribution in [0, 0.1) is 46.3 Å². The first-order valence-electron chi connectivity index (χ1n) is 13.1. The Labute approximate surface area is 195 Å². The van der Waals surface area contributed by atoms with Crippen molar-refractivity contribution in [3.63, 3.8) is 0 Å². The molecule has 3 fully saturated rings. The molecule has 4 aliphatic rings. The topological polar surface area (TPSA) is 37.3 Å².